The molecule has 0 N–H and O–H groups in total. The third-order valence-electron chi connectivity index (χ3n) is 4.15. The lowest BCUT2D eigenvalue weighted by Gasteiger charge is -2.14. The molecule has 0 atom stereocenters. The average molecular weight is 399 g/mol. The first kappa shape index (κ1) is 22.3. The molecule has 0 amide bonds. The predicted molar refractivity (Wildman–Crippen MR) is 115 cm³/mol. The monoisotopic (exact) mass is 398 g/mol. The number of rotatable bonds is 11. The summed E-state index contributed by atoms with van der Waals surface area (Å²) in [4.78, 5) is 9.07. The van der Waals surface area contributed by atoms with Crippen LogP contribution in [0.2, 0.25) is 0 Å². The fourth-order valence-corrected chi connectivity index (χ4v) is 2.75. The van der Waals surface area contributed by atoms with Gasteiger partial charge in [-0.25, -0.2) is 0 Å². The summed E-state index contributed by atoms with van der Waals surface area (Å²) < 4.78 is 17.4. The lowest BCUT2D eigenvalue weighted by Crippen LogP contribution is -2.07. The molecular weight excluding hydrogens is 368 g/mol. The van der Waals surface area contributed by atoms with Gasteiger partial charge in [0.25, 0.3) is 0 Å². The molecule has 1 aromatic carbocycles. The van der Waals surface area contributed by atoms with Crippen molar-refractivity contribution in [1.82, 2.24) is 4.98 Å². The van der Waals surface area contributed by atoms with E-state index >= 15 is 0 Å². The fourth-order valence-electron chi connectivity index (χ4n) is 2.75. The summed E-state index contributed by atoms with van der Waals surface area (Å²) in [6.45, 7) is 9.58. The summed E-state index contributed by atoms with van der Waals surface area (Å²) >= 11 is 0. The molecule has 29 heavy (non-hydrogen) atoms. The highest BCUT2D eigenvalue weighted by atomic mass is 16.6. The van der Waals surface area contributed by atoms with E-state index in [1.54, 1.807) is 6.20 Å². The minimum atomic E-state index is 0.550. The van der Waals surface area contributed by atoms with Crippen molar-refractivity contribution < 1.29 is 19.0 Å². The summed E-state index contributed by atoms with van der Waals surface area (Å²) in [6.07, 6.45) is 6.41. The molecule has 0 unspecified atom stereocenters. The first-order chi connectivity index (χ1) is 14.0. The van der Waals surface area contributed by atoms with Crippen LogP contribution < -0.4 is 14.2 Å². The lowest BCUT2D eigenvalue weighted by atomic mass is 10.1. The Balaban J connectivity index is 1.78. The highest BCUT2D eigenvalue weighted by Crippen LogP contribution is 2.28. The summed E-state index contributed by atoms with van der Waals surface area (Å²) in [7, 11) is 1.51. The number of aromatic nitrogens is 1. The quantitative estimate of drug-likeness (QED) is 0.234. The molecule has 0 aliphatic carbocycles. The third kappa shape index (κ3) is 7.14. The smallest absolute Gasteiger partial charge is 0.137 e. The number of oxime groups is 1. The first-order valence-electron chi connectivity index (χ1n) is 9.70. The molecule has 6 nitrogen and oxygen atoms in total. The number of aryl methyl sites for hydroxylation is 2. The molecular formula is C23H30N2O4. The molecule has 156 valence electrons. The Morgan fingerprint density at radius 1 is 1.03 bits per heavy atom. The van der Waals surface area contributed by atoms with Gasteiger partial charge in [-0.15, -0.1) is 0 Å². The Morgan fingerprint density at radius 3 is 2.38 bits per heavy atom. The Labute approximate surface area is 173 Å². The molecule has 0 aliphatic rings. The number of benzene rings is 1. The van der Waals surface area contributed by atoms with Crippen molar-refractivity contribution in [3.05, 3.63) is 59.4 Å². The Kier molecular flexibility index (Phi) is 9.02. The van der Waals surface area contributed by atoms with Gasteiger partial charge in [-0.2, -0.15) is 0 Å². The van der Waals surface area contributed by atoms with E-state index in [4.69, 9.17) is 19.0 Å². The second-order valence-electron chi connectivity index (χ2n) is 6.56. The van der Waals surface area contributed by atoms with E-state index in [0.29, 0.717) is 25.6 Å². The number of hydrogen-bond acceptors (Lipinski definition) is 6. The summed E-state index contributed by atoms with van der Waals surface area (Å²) in [5.74, 6) is 2.48. The van der Waals surface area contributed by atoms with Gasteiger partial charge < -0.3 is 19.0 Å². The van der Waals surface area contributed by atoms with Crippen LogP contribution in [0.5, 0.6) is 17.2 Å². The molecule has 0 fully saturated rings. The number of pyridine rings is 1. The van der Waals surface area contributed by atoms with Gasteiger partial charge in [0.1, 0.15) is 36.7 Å². The molecule has 0 aliphatic heterocycles. The highest BCUT2D eigenvalue weighted by molar-refractivity contribution is 5.96. The van der Waals surface area contributed by atoms with Gasteiger partial charge in [0, 0.05) is 6.42 Å². The molecule has 0 spiro atoms. The van der Waals surface area contributed by atoms with E-state index < -0.39 is 0 Å². The first-order valence-corrected chi connectivity index (χ1v) is 9.70. The largest absolute Gasteiger partial charge is 0.493 e. The van der Waals surface area contributed by atoms with Gasteiger partial charge in [0.15, 0.2) is 0 Å². The Hall–Kier alpha value is -3.02. The van der Waals surface area contributed by atoms with Gasteiger partial charge in [-0.1, -0.05) is 17.3 Å². The predicted octanol–water partition coefficient (Wildman–Crippen LogP) is 4.87. The topological polar surface area (TPSA) is 62.2 Å². The summed E-state index contributed by atoms with van der Waals surface area (Å²) in [5.41, 5.74) is 3.60. The zero-order valence-corrected chi connectivity index (χ0v) is 17.9. The minimum absolute atomic E-state index is 0.550. The van der Waals surface area contributed by atoms with Crippen LogP contribution in [0.15, 0.2) is 47.8 Å². The number of ether oxygens (including phenoxy) is 3. The molecule has 0 bridgehead atoms. The van der Waals surface area contributed by atoms with Crippen LogP contribution >= 0.6 is 0 Å². The van der Waals surface area contributed by atoms with Crippen LogP contribution in [0.1, 0.15) is 37.1 Å². The maximum atomic E-state index is 5.97. The minimum Gasteiger partial charge on any atom is -0.493 e. The molecule has 0 saturated carbocycles. The second-order valence-corrected chi connectivity index (χ2v) is 6.56. The Bertz CT molecular complexity index is 806. The molecule has 2 rings (SSSR count). The van der Waals surface area contributed by atoms with E-state index in [2.05, 4.69) is 10.1 Å². The van der Waals surface area contributed by atoms with Crippen molar-refractivity contribution in [2.75, 3.05) is 26.9 Å². The third-order valence-corrected chi connectivity index (χ3v) is 4.15. The molecule has 1 aromatic heterocycles. The summed E-state index contributed by atoms with van der Waals surface area (Å²) in [5, 5.41) is 3.86. The highest BCUT2D eigenvalue weighted by Gasteiger charge is 2.07. The fraction of sp³-hybridized carbons (Fsp3) is 0.391. The van der Waals surface area contributed by atoms with Crippen molar-refractivity contribution >= 4 is 5.71 Å². The van der Waals surface area contributed by atoms with Gasteiger partial charge >= 0.3 is 0 Å². The molecule has 2 aromatic rings. The van der Waals surface area contributed by atoms with Crippen molar-refractivity contribution in [3.63, 3.8) is 0 Å². The van der Waals surface area contributed by atoms with Crippen LogP contribution in [-0.4, -0.2) is 37.6 Å². The van der Waals surface area contributed by atoms with Gasteiger partial charge in [-0.05, 0) is 63.1 Å². The van der Waals surface area contributed by atoms with Crippen LogP contribution in [0.3, 0.4) is 0 Å². The zero-order chi connectivity index (χ0) is 21.1. The van der Waals surface area contributed by atoms with Crippen LogP contribution in [0.25, 0.3) is 0 Å². The molecule has 0 saturated heterocycles. The zero-order valence-electron chi connectivity index (χ0n) is 17.9. The van der Waals surface area contributed by atoms with E-state index in [0.717, 1.165) is 40.5 Å². The standard InChI is InChI=1S/C23H30N2O4/c1-6-7-11-28-21-14-17(2)23(18(3)15-21)29-13-8-12-27-20-9-10-22(24-16-20)19(4)25-26-5/h6-7,9-10,14-16H,8,11-13H2,1-5H3/b7-6+,25-19+. The second kappa shape index (κ2) is 11.7. The Morgan fingerprint density at radius 2 is 1.76 bits per heavy atom. The van der Waals surface area contributed by atoms with Crippen molar-refractivity contribution in [1.29, 1.82) is 0 Å². The van der Waals surface area contributed by atoms with E-state index in [9.17, 15) is 0 Å². The molecule has 6 heteroatoms. The van der Waals surface area contributed by atoms with E-state index in [1.807, 2.05) is 64.1 Å². The number of hydrogen-bond donors (Lipinski definition) is 0. The normalized spacial score (nSPS) is 11.6. The SMILES string of the molecule is C/C=C/COc1cc(C)c(OCCCOc2ccc(/C(C)=N/OC)nc2)c(C)c1. The maximum absolute atomic E-state index is 5.97. The number of nitrogens with zero attached hydrogens (tertiary/aromatic N) is 2. The average Bonchev–Trinajstić information content (AvgIpc) is 2.70. The van der Waals surface area contributed by atoms with Crippen LogP contribution in [-0.2, 0) is 4.84 Å². The van der Waals surface area contributed by atoms with Crippen molar-refractivity contribution in [2.24, 2.45) is 5.16 Å². The molecule has 0 radical (unpaired) electrons. The maximum Gasteiger partial charge on any atom is 0.137 e. The van der Waals surface area contributed by atoms with E-state index in [1.165, 1.54) is 7.11 Å². The van der Waals surface area contributed by atoms with Gasteiger partial charge in [0.2, 0.25) is 0 Å². The van der Waals surface area contributed by atoms with Crippen molar-refractivity contribution in [3.8, 4) is 17.2 Å². The number of allylic oxidation sites excluding steroid dienone is 1. The van der Waals surface area contributed by atoms with Crippen LogP contribution in [0, 0.1) is 13.8 Å². The molecule has 1 heterocycles. The lowest BCUT2D eigenvalue weighted by molar-refractivity contribution is 0.213. The van der Waals surface area contributed by atoms with Crippen molar-refractivity contribution in [2.45, 2.75) is 34.1 Å². The van der Waals surface area contributed by atoms with Gasteiger partial charge in [0.05, 0.1) is 25.1 Å². The van der Waals surface area contributed by atoms with Crippen LogP contribution in [0.4, 0.5) is 0 Å². The van der Waals surface area contributed by atoms with Gasteiger partial charge in [-0.3, -0.25) is 4.98 Å². The summed E-state index contributed by atoms with van der Waals surface area (Å²) in [6, 6.07) is 7.74. The van der Waals surface area contributed by atoms with E-state index in [-0.39, 0.29) is 0 Å².